The zero-order valence-electron chi connectivity index (χ0n) is 8.15. The van der Waals surface area contributed by atoms with E-state index in [-0.39, 0.29) is 6.10 Å². The molecule has 0 aliphatic rings. The molecule has 0 aliphatic heterocycles. The van der Waals surface area contributed by atoms with Crippen LogP contribution in [0.3, 0.4) is 0 Å². The summed E-state index contributed by atoms with van der Waals surface area (Å²) in [4.78, 5) is 4.33. The van der Waals surface area contributed by atoms with Crippen molar-refractivity contribution in [1.82, 2.24) is 4.98 Å². The maximum Gasteiger partial charge on any atom is 0.274 e. The van der Waals surface area contributed by atoms with E-state index >= 15 is 0 Å². The molecule has 0 bridgehead atoms. The number of nitrogens with two attached hydrogens (primary N) is 1. The summed E-state index contributed by atoms with van der Waals surface area (Å²) in [6.07, 6.45) is 0.160. The standard InChI is InChI=1S/C10H12N2OS/c1-6(2)13-10-12-8-5-7(11)3-4-9(8)14-10/h3-6H,11H2,1-2H3. The van der Waals surface area contributed by atoms with E-state index in [9.17, 15) is 0 Å². The highest BCUT2D eigenvalue weighted by atomic mass is 32.1. The topological polar surface area (TPSA) is 48.1 Å². The highest BCUT2D eigenvalue weighted by Crippen LogP contribution is 2.29. The van der Waals surface area contributed by atoms with Gasteiger partial charge in [0.1, 0.15) is 0 Å². The largest absolute Gasteiger partial charge is 0.467 e. The van der Waals surface area contributed by atoms with Crippen LogP contribution in [0.4, 0.5) is 5.69 Å². The monoisotopic (exact) mass is 208 g/mol. The summed E-state index contributed by atoms with van der Waals surface area (Å²) in [5, 5.41) is 0.709. The van der Waals surface area contributed by atoms with E-state index in [0.29, 0.717) is 5.19 Å². The molecule has 0 unspecified atom stereocenters. The van der Waals surface area contributed by atoms with Crippen LogP contribution in [0.2, 0.25) is 0 Å². The maximum absolute atomic E-state index is 5.66. The molecule has 0 fully saturated rings. The molecule has 0 atom stereocenters. The number of hydrogen-bond donors (Lipinski definition) is 1. The third-order valence-corrected chi connectivity index (χ3v) is 2.66. The first-order valence-electron chi connectivity index (χ1n) is 4.48. The second-order valence-electron chi connectivity index (χ2n) is 3.37. The molecule has 0 amide bonds. The Morgan fingerprint density at radius 1 is 1.43 bits per heavy atom. The van der Waals surface area contributed by atoms with E-state index < -0.39 is 0 Å². The minimum atomic E-state index is 0.160. The van der Waals surface area contributed by atoms with Crippen LogP contribution in [0, 0.1) is 0 Å². The van der Waals surface area contributed by atoms with Crippen LogP contribution in [-0.2, 0) is 0 Å². The van der Waals surface area contributed by atoms with Crippen LogP contribution in [0.5, 0.6) is 5.19 Å². The van der Waals surface area contributed by atoms with Crippen molar-refractivity contribution in [3.8, 4) is 5.19 Å². The van der Waals surface area contributed by atoms with Crippen LogP contribution < -0.4 is 10.5 Å². The number of fused-ring (bicyclic) bond motifs is 1. The second-order valence-corrected chi connectivity index (χ2v) is 4.37. The Hall–Kier alpha value is -1.29. The van der Waals surface area contributed by atoms with Crippen molar-refractivity contribution in [1.29, 1.82) is 0 Å². The zero-order valence-corrected chi connectivity index (χ0v) is 8.97. The number of anilines is 1. The van der Waals surface area contributed by atoms with Crippen LogP contribution in [0.1, 0.15) is 13.8 Å². The van der Waals surface area contributed by atoms with Crippen molar-refractivity contribution < 1.29 is 4.74 Å². The minimum absolute atomic E-state index is 0.160. The molecule has 14 heavy (non-hydrogen) atoms. The first kappa shape index (κ1) is 9.27. The summed E-state index contributed by atoms with van der Waals surface area (Å²) in [6.45, 7) is 3.97. The van der Waals surface area contributed by atoms with Gasteiger partial charge in [0, 0.05) is 5.69 Å². The van der Waals surface area contributed by atoms with Gasteiger partial charge < -0.3 is 10.5 Å². The van der Waals surface area contributed by atoms with E-state index in [1.165, 1.54) is 0 Å². The van der Waals surface area contributed by atoms with Gasteiger partial charge >= 0.3 is 0 Å². The van der Waals surface area contributed by atoms with Gasteiger partial charge in [-0.2, -0.15) is 0 Å². The maximum atomic E-state index is 5.66. The van der Waals surface area contributed by atoms with Gasteiger partial charge in [0.15, 0.2) is 0 Å². The van der Waals surface area contributed by atoms with Gasteiger partial charge in [-0.25, -0.2) is 4.98 Å². The Balaban J connectivity index is 2.41. The molecule has 0 saturated heterocycles. The molecule has 74 valence electrons. The molecule has 0 radical (unpaired) electrons. The SMILES string of the molecule is CC(C)Oc1nc2cc(N)ccc2s1. The summed E-state index contributed by atoms with van der Waals surface area (Å²) in [7, 11) is 0. The van der Waals surface area contributed by atoms with Gasteiger partial charge in [-0.1, -0.05) is 11.3 Å². The first-order chi connectivity index (χ1) is 6.65. The molecule has 1 aromatic heterocycles. The fourth-order valence-electron chi connectivity index (χ4n) is 1.18. The fraction of sp³-hybridized carbons (Fsp3) is 0.300. The van der Waals surface area contributed by atoms with Crippen molar-refractivity contribution in [2.45, 2.75) is 20.0 Å². The minimum Gasteiger partial charge on any atom is -0.467 e. The third kappa shape index (κ3) is 1.80. The smallest absolute Gasteiger partial charge is 0.274 e. The Labute approximate surface area is 86.5 Å². The van der Waals surface area contributed by atoms with Gasteiger partial charge in [-0.15, -0.1) is 0 Å². The first-order valence-corrected chi connectivity index (χ1v) is 5.29. The van der Waals surface area contributed by atoms with Crippen LogP contribution in [-0.4, -0.2) is 11.1 Å². The lowest BCUT2D eigenvalue weighted by molar-refractivity contribution is 0.242. The van der Waals surface area contributed by atoms with E-state index in [0.717, 1.165) is 15.9 Å². The number of nitrogens with zero attached hydrogens (tertiary/aromatic N) is 1. The van der Waals surface area contributed by atoms with Crippen molar-refractivity contribution in [3.63, 3.8) is 0 Å². The quantitative estimate of drug-likeness (QED) is 0.772. The highest BCUT2D eigenvalue weighted by Gasteiger charge is 2.05. The fourth-order valence-corrected chi connectivity index (χ4v) is 2.09. The molecule has 2 rings (SSSR count). The molecule has 1 aromatic carbocycles. The van der Waals surface area contributed by atoms with Crippen LogP contribution in [0.25, 0.3) is 10.2 Å². The lowest BCUT2D eigenvalue weighted by atomic mass is 10.3. The average molecular weight is 208 g/mol. The normalized spacial score (nSPS) is 11.1. The zero-order chi connectivity index (χ0) is 10.1. The number of benzene rings is 1. The van der Waals surface area contributed by atoms with Gasteiger partial charge in [-0.05, 0) is 32.0 Å². The van der Waals surface area contributed by atoms with E-state index in [1.807, 2.05) is 32.0 Å². The van der Waals surface area contributed by atoms with Crippen molar-refractivity contribution in [2.24, 2.45) is 0 Å². The second kappa shape index (κ2) is 3.46. The van der Waals surface area contributed by atoms with Gasteiger partial charge in [0.05, 0.1) is 16.3 Å². The Bertz CT molecular complexity index is 450. The Kier molecular flexibility index (Phi) is 2.29. The van der Waals surface area contributed by atoms with Crippen molar-refractivity contribution >= 4 is 27.2 Å². The molecule has 1 heterocycles. The van der Waals surface area contributed by atoms with E-state index in [1.54, 1.807) is 11.3 Å². The summed E-state index contributed by atoms with van der Waals surface area (Å²) in [5.74, 6) is 0. The number of rotatable bonds is 2. The van der Waals surface area contributed by atoms with Crippen molar-refractivity contribution in [3.05, 3.63) is 18.2 Å². The van der Waals surface area contributed by atoms with Crippen molar-refractivity contribution in [2.75, 3.05) is 5.73 Å². The third-order valence-electron chi connectivity index (χ3n) is 1.73. The molecule has 3 nitrogen and oxygen atoms in total. The van der Waals surface area contributed by atoms with Crippen LogP contribution >= 0.6 is 11.3 Å². The molecule has 2 N–H and O–H groups in total. The lowest BCUT2D eigenvalue weighted by Crippen LogP contribution is -2.04. The molecule has 4 heteroatoms. The predicted octanol–water partition coefficient (Wildman–Crippen LogP) is 2.67. The molecule has 2 aromatic rings. The molecule has 0 saturated carbocycles. The number of ether oxygens (including phenoxy) is 1. The van der Waals surface area contributed by atoms with Gasteiger partial charge in [0.2, 0.25) is 0 Å². The number of aromatic nitrogens is 1. The Morgan fingerprint density at radius 2 is 2.21 bits per heavy atom. The van der Waals surface area contributed by atoms with Gasteiger partial charge in [-0.3, -0.25) is 0 Å². The molecule has 0 aliphatic carbocycles. The lowest BCUT2D eigenvalue weighted by Gasteiger charge is -2.03. The van der Waals surface area contributed by atoms with E-state index in [4.69, 9.17) is 10.5 Å². The van der Waals surface area contributed by atoms with E-state index in [2.05, 4.69) is 4.98 Å². The molecular weight excluding hydrogens is 196 g/mol. The predicted molar refractivity (Wildman–Crippen MR) is 59.8 cm³/mol. The summed E-state index contributed by atoms with van der Waals surface area (Å²) in [5.41, 5.74) is 7.30. The van der Waals surface area contributed by atoms with Gasteiger partial charge in [0.25, 0.3) is 5.19 Å². The summed E-state index contributed by atoms with van der Waals surface area (Å²) >= 11 is 1.55. The number of thiazole rings is 1. The highest BCUT2D eigenvalue weighted by molar-refractivity contribution is 7.20. The summed E-state index contributed by atoms with van der Waals surface area (Å²) < 4.78 is 6.61. The Morgan fingerprint density at radius 3 is 2.93 bits per heavy atom. The molecule has 0 spiro atoms. The molecular formula is C10H12N2OS. The number of nitrogen functional groups attached to an aromatic ring is 1. The summed E-state index contributed by atoms with van der Waals surface area (Å²) in [6, 6.07) is 5.70. The average Bonchev–Trinajstić information content (AvgIpc) is 2.44. The number of hydrogen-bond acceptors (Lipinski definition) is 4. The van der Waals surface area contributed by atoms with Crippen LogP contribution in [0.15, 0.2) is 18.2 Å².